The molecule has 0 aliphatic heterocycles. The zero-order valence-corrected chi connectivity index (χ0v) is 10.2. The topological polar surface area (TPSA) is 21.3 Å². The normalized spacial score (nSPS) is 10.4. The standard InChI is InChI=1S/C12H17ClFNO/c1-2-3-8-16-9-7-15-12-10(13)5-4-6-11(12)14/h4-6,15H,2-3,7-9H2,1H3. The van der Waals surface area contributed by atoms with Crippen molar-refractivity contribution in [3.05, 3.63) is 29.0 Å². The summed E-state index contributed by atoms with van der Waals surface area (Å²) in [6.45, 7) is 3.99. The highest BCUT2D eigenvalue weighted by atomic mass is 35.5. The van der Waals surface area contributed by atoms with E-state index in [1.54, 1.807) is 12.1 Å². The number of hydrogen-bond donors (Lipinski definition) is 1. The van der Waals surface area contributed by atoms with Crippen LogP contribution in [0, 0.1) is 5.82 Å². The first-order valence-corrected chi connectivity index (χ1v) is 5.89. The van der Waals surface area contributed by atoms with Crippen LogP contribution in [0.15, 0.2) is 18.2 Å². The predicted molar refractivity (Wildman–Crippen MR) is 65.6 cm³/mol. The van der Waals surface area contributed by atoms with Gasteiger partial charge in [0.05, 0.1) is 17.3 Å². The van der Waals surface area contributed by atoms with E-state index in [0.29, 0.717) is 23.9 Å². The van der Waals surface area contributed by atoms with Crippen LogP contribution in [0.1, 0.15) is 19.8 Å². The molecular formula is C12H17ClFNO. The van der Waals surface area contributed by atoms with E-state index in [1.807, 2.05) is 0 Å². The third-order valence-electron chi connectivity index (χ3n) is 2.15. The summed E-state index contributed by atoms with van der Waals surface area (Å²) in [6, 6.07) is 4.62. The van der Waals surface area contributed by atoms with E-state index in [0.717, 1.165) is 19.4 Å². The van der Waals surface area contributed by atoms with Crippen LogP contribution in [0.25, 0.3) is 0 Å². The molecule has 0 fully saturated rings. The summed E-state index contributed by atoms with van der Waals surface area (Å²) >= 11 is 5.85. The molecule has 0 aliphatic rings. The molecule has 0 saturated heterocycles. The van der Waals surface area contributed by atoms with Gasteiger partial charge in [-0.25, -0.2) is 4.39 Å². The second kappa shape index (κ2) is 7.47. The van der Waals surface area contributed by atoms with Crippen molar-refractivity contribution in [1.29, 1.82) is 0 Å². The minimum atomic E-state index is -0.332. The molecule has 0 aromatic heterocycles. The summed E-state index contributed by atoms with van der Waals surface area (Å²) in [5.41, 5.74) is 0.350. The van der Waals surface area contributed by atoms with Gasteiger partial charge in [-0.1, -0.05) is 31.0 Å². The maximum absolute atomic E-state index is 13.3. The Morgan fingerprint density at radius 3 is 2.88 bits per heavy atom. The van der Waals surface area contributed by atoms with Crippen LogP contribution in [-0.4, -0.2) is 19.8 Å². The Morgan fingerprint density at radius 2 is 2.19 bits per heavy atom. The average Bonchev–Trinajstić information content (AvgIpc) is 2.26. The van der Waals surface area contributed by atoms with Gasteiger partial charge in [0, 0.05) is 13.2 Å². The number of unbranched alkanes of at least 4 members (excludes halogenated alkanes) is 1. The first kappa shape index (κ1) is 13.3. The van der Waals surface area contributed by atoms with Crippen LogP contribution in [0.3, 0.4) is 0 Å². The van der Waals surface area contributed by atoms with Crippen molar-refractivity contribution in [2.75, 3.05) is 25.1 Å². The molecule has 0 saturated carbocycles. The van der Waals surface area contributed by atoms with Crippen molar-refractivity contribution in [1.82, 2.24) is 0 Å². The highest BCUT2D eigenvalue weighted by Gasteiger charge is 2.04. The molecule has 0 atom stereocenters. The Hall–Kier alpha value is -0.800. The van der Waals surface area contributed by atoms with Crippen molar-refractivity contribution in [3.8, 4) is 0 Å². The molecule has 0 radical (unpaired) electrons. The van der Waals surface area contributed by atoms with E-state index < -0.39 is 0 Å². The smallest absolute Gasteiger partial charge is 0.147 e. The first-order chi connectivity index (χ1) is 7.75. The lowest BCUT2D eigenvalue weighted by Crippen LogP contribution is -2.11. The third-order valence-corrected chi connectivity index (χ3v) is 2.47. The zero-order valence-electron chi connectivity index (χ0n) is 9.43. The molecule has 0 spiro atoms. The molecule has 4 heteroatoms. The maximum atomic E-state index is 13.3. The van der Waals surface area contributed by atoms with Crippen LogP contribution in [0.5, 0.6) is 0 Å². The molecule has 0 bridgehead atoms. The summed E-state index contributed by atoms with van der Waals surface area (Å²) in [5.74, 6) is -0.332. The van der Waals surface area contributed by atoms with Gasteiger partial charge in [-0.05, 0) is 18.6 Å². The van der Waals surface area contributed by atoms with Gasteiger partial charge < -0.3 is 10.1 Å². The zero-order chi connectivity index (χ0) is 11.8. The number of hydrogen-bond acceptors (Lipinski definition) is 2. The molecule has 0 aliphatic carbocycles. The molecule has 16 heavy (non-hydrogen) atoms. The van der Waals surface area contributed by atoms with Gasteiger partial charge in [-0.2, -0.15) is 0 Å². The van der Waals surface area contributed by atoms with E-state index in [-0.39, 0.29) is 5.82 Å². The number of anilines is 1. The summed E-state index contributed by atoms with van der Waals surface area (Å²) in [7, 11) is 0. The molecule has 0 amide bonds. The minimum Gasteiger partial charge on any atom is -0.380 e. The van der Waals surface area contributed by atoms with Gasteiger partial charge in [0.2, 0.25) is 0 Å². The van der Waals surface area contributed by atoms with Crippen molar-refractivity contribution >= 4 is 17.3 Å². The summed E-state index contributed by atoms with van der Waals surface area (Å²) in [6.07, 6.45) is 2.17. The molecule has 90 valence electrons. The molecule has 0 unspecified atom stereocenters. The fourth-order valence-corrected chi connectivity index (χ4v) is 1.49. The van der Waals surface area contributed by atoms with Gasteiger partial charge in [0.1, 0.15) is 5.82 Å². The van der Waals surface area contributed by atoms with Gasteiger partial charge >= 0.3 is 0 Å². The fraction of sp³-hybridized carbons (Fsp3) is 0.500. The fourth-order valence-electron chi connectivity index (χ4n) is 1.26. The van der Waals surface area contributed by atoms with E-state index in [9.17, 15) is 4.39 Å². The Morgan fingerprint density at radius 1 is 1.38 bits per heavy atom. The summed E-state index contributed by atoms with van der Waals surface area (Å²) < 4.78 is 18.6. The van der Waals surface area contributed by atoms with Crippen LogP contribution >= 0.6 is 11.6 Å². The van der Waals surface area contributed by atoms with Gasteiger partial charge in [0.25, 0.3) is 0 Å². The van der Waals surface area contributed by atoms with Gasteiger partial charge in [-0.3, -0.25) is 0 Å². The number of nitrogens with one attached hydrogen (secondary N) is 1. The Bertz CT molecular complexity index is 300. The average molecular weight is 246 g/mol. The Kier molecular flexibility index (Phi) is 6.19. The van der Waals surface area contributed by atoms with Crippen LogP contribution < -0.4 is 5.32 Å². The minimum absolute atomic E-state index is 0.332. The van der Waals surface area contributed by atoms with Crippen molar-refractivity contribution in [2.24, 2.45) is 0 Å². The maximum Gasteiger partial charge on any atom is 0.147 e. The van der Waals surface area contributed by atoms with Crippen molar-refractivity contribution in [3.63, 3.8) is 0 Å². The molecule has 2 nitrogen and oxygen atoms in total. The van der Waals surface area contributed by atoms with Crippen molar-refractivity contribution < 1.29 is 9.13 Å². The molecule has 0 heterocycles. The number of benzene rings is 1. The third kappa shape index (κ3) is 4.37. The largest absolute Gasteiger partial charge is 0.380 e. The molecule has 1 N–H and O–H groups in total. The first-order valence-electron chi connectivity index (χ1n) is 5.51. The van der Waals surface area contributed by atoms with Crippen LogP contribution in [0.4, 0.5) is 10.1 Å². The highest BCUT2D eigenvalue weighted by Crippen LogP contribution is 2.24. The van der Waals surface area contributed by atoms with E-state index >= 15 is 0 Å². The second-order valence-corrected chi connectivity index (χ2v) is 3.90. The molecular weight excluding hydrogens is 229 g/mol. The molecule has 1 aromatic carbocycles. The Balaban J connectivity index is 2.26. The van der Waals surface area contributed by atoms with Gasteiger partial charge in [0.15, 0.2) is 0 Å². The lowest BCUT2D eigenvalue weighted by Gasteiger charge is -2.09. The van der Waals surface area contributed by atoms with E-state index in [2.05, 4.69) is 12.2 Å². The second-order valence-electron chi connectivity index (χ2n) is 3.49. The predicted octanol–water partition coefficient (Wildman–Crippen LogP) is 3.71. The number of para-hydroxylation sites is 1. The van der Waals surface area contributed by atoms with Crippen LogP contribution in [0.2, 0.25) is 5.02 Å². The number of halogens is 2. The lowest BCUT2D eigenvalue weighted by molar-refractivity contribution is 0.141. The lowest BCUT2D eigenvalue weighted by atomic mass is 10.3. The van der Waals surface area contributed by atoms with Crippen LogP contribution in [-0.2, 0) is 4.74 Å². The quantitative estimate of drug-likeness (QED) is 0.740. The summed E-state index contributed by atoms with van der Waals surface area (Å²) in [5, 5.41) is 3.32. The molecule has 1 aromatic rings. The Labute approximate surface area is 101 Å². The monoisotopic (exact) mass is 245 g/mol. The molecule has 1 rings (SSSR count). The van der Waals surface area contributed by atoms with Gasteiger partial charge in [-0.15, -0.1) is 0 Å². The van der Waals surface area contributed by atoms with E-state index in [1.165, 1.54) is 6.07 Å². The highest BCUT2D eigenvalue weighted by molar-refractivity contribution is 6.33. The summed E-state index contributed by atoms with van der Waals surface area (Å²) in [4.78, 5) is 0. The SMILES string of the molecule is CCCCOCCNc1c(F)cccc1Cl. The number of ether oxygens (including phenoxy) is 1. The van der Waals surface area contributed by atoms with Crippen molar-refractivity contribution in [2.45, 2.75) is 19.8 Å². The van der Waals surface area contributed by atoms with E-state index in [4.69, 9.17) is 16.3 Å². The number of rotatable bonds is 7.